The number of ketones is 1. The molecule has 0 saturated carbocycles. The summed E-state index contributed by atoms with van der Waals surface area (Å²) in [5.74, 6) is -1.84. The highest BCUT2D eigenvalue weighted by Crippen LogP contribution is 2.25. The lowest BCUT2D eigenvalue weighted by atomic mass is 10.1. The van der Waals surface area contributed by atoms with Gasteiger partial charge in [0, 0.05) is 16.3 Å². The Balaban J connectivity index is 2.03. The van der Waals surface area contributed by atoms with Crippen LogP contribution in [0.15, 0.2) is 42.5 Å². The number of amides is 2. The van der Waals surface area contributed by atoms with Gasteiger partial charge in [-0.25, -0.2) is 0 Å². The molecule has 0 spiro atoms. The normalized spacial score (nSPS) is 10.0. The third-order valence-corrected chi connectivity index (χ3v) is 3.50. The number of carbonyl (C=O) groups excluding carboxylic acids is 3. The van der Waals surface area contributed by atoms with Crippen LogP contribution in [-0.2, 0) is 9.59 Å². The Bertz CT molecular complexity index is 773. The molecule has 7 heteroatoms. The third-order valence-electron chi connectivity index (χ3n) is 2.93. The summed E-state index contributed by atoms with van der Waals surface area (Å²) in [5, 5.41) is 5.45. The predicted molar refractivity (Wildman–Crippen MR) is 90.2 cm³/mol. The number of halogens is 2. The van der Waals surface area contributed by atoms with Gasteiger partial charge in [0.2, 0.25) is 0 Å². The fourth-order valence-corrected chi connectivity index (χ4v) is 2.09. The number of hydrogen-bond acceptors (Lipinski definition) is 3. The summed E-state index contributed by atoms with van der Waals surface area (Å²) in [6.07, 6.45) is 0. The van der Waals surface area contributed by atoms with E-state index in [0.717, 1.165) is 0 Å². The smallest absolute Gasteiger partial charge is 0.314 e. The first-order valence-corrected chi connectivity index (χ1v) is 7.31. The first-order valence-electron chi connectivity index (χ1n) is 6.55. The van der Waals surface area contributed by atoms with Gasteiger partial charge in [-0.05, 0) is 49.4 Å². The average molecular weight is 351 g/mol. The average Bonchev–Trinajstić information content (AvgIpc) is 2.51. The molecule has 2 rings (SSSR count). The van der Waals surface area contributed by atoms with Crippen molar-refractivity contribution in [3.05, 3.63) is 58.1 Å². The number of anilines is 2. The van der Waals surface area contributed by atoms with Crippen LogP contribution in [0, 0.1) is 0 Å². The van der Waals surface area contributed by atoms with E-state index < -0.39 is 11.8 Å². The van der Waals surface area contributed by atoms with E-state index in [2.05, 4.69) is 10.6 Å². The second-order valence-corrected chi connectivity index (χ2v) is 5.51. The molecule has 0 aliphatic heterocycles. The van der Waals surface area contributed by atoms with Gasteiger partial charge in [-0.3, -0.25) is 14.4 Å². The van der Waals surface area contributed by atoms with Crippen LogP contribution >= 0.6 is 23.2 Å². The number of Topliss-reactive ketones (excluding diaryl/α,β-unsaturated/α-hetero) is 1. The highest BCUT2D eigenvalue weighted by molar-refractivity contribution is 6.45. The number of nitrogens with one attached hydrogen (secondary N) is 2. The summed E-state index contributed by atoms with van der Waals surface area (Å²) in [4.78, 5) is 34.9. The van der Waals surface area contributed by atoms with E-state index in [9.17, 15) is 14.4 Å². The maximum absolute atomic E-state index is 11.9. The van der Waals surface area contributed by atoms with Crippen molar-refractivity contribution in [2.75, 3.05) is 10.6 Å². The van der Waals surface area contributed by atoms with E-state index in [1.807, 2.05) is 0 Å². The van der Waals surface area contributed by atoms with Crippen LogP contribution in [0.4, 0.5) is 11.4 Å². The first-order chi connectivity index (χ1) is 10.9. The van der Waals surface area contributed by atoms with E-state index >= 15 is 0 Å². The molecule has 23 heavy (non-hydrogen) atoms. The van der Waals surface area contributed by atoms with Crippen LogP contribution in [0.1, 0.15) is 17.3 Å². The third kappa shape index (κ3) is 4.55. The molecule has 2 aromatic rings. The largest absolute Gasteiger partial charge is 0.318 e. The molecule has 118 valence electrons. The van der Waals surface area contributed by atoms with Gasteiger partial charge < -0.3 is 10.6 Å². The van der Waals surface area contributed by atoms with Crippen LogP contribution < -0.4 is 10.6 Å². The Morgan fingerprint density at radius 3 is 2.09 bits per heavy atom. The summed E-state index contributed by atoms with van der Waals surface area (Å²) in [6, 6.07) is 10.7. The van der Waals surface area contributed by atoms with Gasteiger partial charge in [-0.1, -0.05) is 23.2 Å². The van der Waals surface area contributed by atoms with Crippen LogP contribution in [0.3, 0.4) is 0 Å². The molecule has 0 unspecified atom stereocenters. The van der Waals surface area contributed by atoms with E-state index in [1.165, 1.54) is 31.2 Å². The van der Waals surface area contributed by atoms with Crippen molar-refractivity contribution in [3.8, 4) is 0 Å². The SMILES string of the molecule is CC(=O)c1ccc(NC(=O)C(=O)Nc2cc(Cl)ccc2Cl)cc1. The maximum Gasteiger partial charge on any atom is 0.314 e. The van der Waals surface area contributed by atoms with Gasteiger partial charge in [-0.2, -0.15) is 0 Å². The van der Waals surface area contributed by atoms with Gasteiger partial charge in [0.15, 0.2) is 5.78 Å². The standard InChI is InChI=1S/C16H12Cl2N2O3/c1-9(21)10-2-5-12(6-3-10)19-15(22)16(23)20-14-8-11(17)4-7-13(14)18/h2-8H,1H3,(H,19,22)(H,20,23). The molecule has 2 N–H and O–H groups in total. The highest BCUT2D eigenvalue weighted by atomic mass is 35.5. The minimum Gasteiger partial charge on any atom is -0.318 e. The Morgan fingerprint density at radius 1 is 0.870 bits per heavy atom. The molecule has 5 nitrogen and oxygen atoms in total. The molecule has 2 aromatic carbocycles. The lowest BCUT2D eigenvalue weighted by molar-refractivity contribution is -0.132. The molecule has 0 radical (unpaired) electrons. The number of hydrogen-bond donors (Lipinski definition) is 2. The Kier molecular flexibility index (Phi) is 5.36. The van der Waals surface area contributed by atoms with Gasteiger partial charge >= 0.3 is 11.8 Å². The molecule has 0 aliphatic carbocycles. The van der Waals surface area contributed by atoms with E-state index in [1.54, 1.807) is 18.2 Å². The molecule has 0 aliphatic rings. The first kappa shape index (κ1) is 17.0. The van der Waals surface area contributed by atoms with Gasteiger partial charge in [0.1, 0.15) is 0 Å². The predicted octanol–water partition coefficient (Wildman–Crippen LogP) is 3.77. The molecule has 0 saturated heterocycles. The molecular formula is C16H12Cl2N2O3. The summed E-state index contributed by atoms with van der Waals surface area (Å²) >= 11 is 11.7. The lowest BCUT2D eigenvalue weighted by Gasteiger charge is -2.08. The lowest BCUT2D eigenvalue weighted by Crippen LogP contribution is -2.29. The molecule has 0 aromatic heterocycles. The Labute approximate surface area is 142 Å². The molecule has 0 fully saturated rings. The van der Waals surface area contributed by atoms with Crippen molar-refractivity contribution >= 4 is 52.2 Å². The quantitative estimate of drug-likeness (QED) is 0.653. The zero-order valence-corrected chi connectivity index (χ0v) is 13.5. The van der Waals surface area contributed by atoms with Crippen LogP contribution in [-0.4, -0.2) is 17.6 Å². The maximum atomic E-state index is 11.9. The highest BCUT2D eigenvalue weighted by Gasteiger charge is 2.15. The zero-order valence-electron chi connectivity index (χ0n) is 12.0. The molecule has 2 amide bonds. The fourth-order valence-electron chi connectivity index (χ4n) is 1.75. The number of benzene rings is 2. The molecular weight excluding hydrogens is 339 g/mol. The van der Waals surface area contributed by atoms with Crippen LogP contribution in [0.25, 0.3) is 0 Å². The van der Waals surface area contributed by atoms with Crippen molar-refractivity contribution < 1.29 is 14.4 Å². The summed E-state index contributed by atoms with van der Waals surface area (Å²) in [7, 11) is 0. The number of carbonyl (C=O) groups is 3. The van der Waals surface area contributed by atoms with Crippen molar-refractivity contribution in [3.63, 3.8) is 0 Å². The minimum atomic E-state index is -0.884. The van der Waals surface area contributed by atoms with Crippen molar-refractivity contribution in [1.82, 2.24) is 0 Å². The zero-order chi connectivity index (χ0) is 17.0. The monoisotopic (exact) mass is 350 g/mol. The van der Waals surface area contributed by atoms with Gasteiger partial charge in [-0.15, -0.1) is 0 Å². The molecule has 0 atom stereocenters. The van der Waals surface area contributed by atoms with E-state index in [4.69, 9.17) is 23.2 Å². The Morgan fingerprint density at radius 2 is 1.48 bits per heavy atom. The minimum absolute atomic E-state index is 0.0868. The molecule has 0 heterocycles. The van der Waals surface area contributed by atoms with Gasteiger partial charge in [0.05, 0.1) is 10.7 Å². The van der Waals surface area contributed by atoms with Gasteiger partial charge in [0.25, 0.3) is 0 Å². The van der Waals surface area contributed by atoms with Crippen molar-refractivity contribution in [2.24, 2.45) is 0 Å². The van der Waals surface area contributed by atoms with Crippen LogP contribution in [0.5, 0.6) is 0 Å². The van der Waals surface area contributed by atoms with E-state index in [0.29, 0.717) is 16.3 Å². The van der Waals surface area contributed by atoms with Crippen LogP contribution in [0.2, 0.25) is 10.0 Å². The fraction of sp³-hybridized carbons (Fsp3) is 0.0625. The van der Waals surface area contributed by atoms with Crippen molar-refractivity contribution in [1.29, 1.82) is 0 Å². The summed E-state index contributed by atoms with van der Waals surface area (Å²) in [6.45, 7) is 1.44. The second-order valence-electron chi connectivity index (χ2n) is 4.67. The molecule has 0 bridgehead atoms. The topological polar surface area (TPSA) is 75.3 Å². The second kappa shape index (κ2) is 7.26. The van der Waals surface area contributed by atoms with E-state index in [-0.39, 0.29) is 16.5 Å². The Hall–Kier alpha value is -2.37. The van der Waals surface area contributed by atoms with Crippen molar-refractivity contribution in [2.45, 2.75) is 6.92 Å². The number of rotatable bonds is 3. The summed E-state index contributed by atoms with van der Waals surface area (Å²) < 4.78 is 0. The summed E-state index contributed by atoms with van der Waals surface area (Å²) in [5.41, 5.74) is 1.15.